The summed E-state index contributed by atoms with van der Waals surface area (Å²) >= 11 is 0. The molecule has 1 saturated heterocycles. The molecule has 1 aliphatic heterocycles. The maximum atomic E-state index is 12.7. The number of nitrogens with zero attached hydrogens (tertiary/aromatic N) is 1. The molecular formula is C15H22N2O3. The van der Waals surface area contributed by atoms with E-state index < -0.39 is 11.9 Å². The summed E-state index contributed by atoms with van der Waals surface area (Å²) in [6, 6.07) is -0.505. The maximum absolute atomic E-state index is 12.7. The lowest BCUT2D eigenvalue weighted by molar-refractivity contribution is -0.146. The van der Waals surface area contributed by atoms with Crippen molar-refractivity contribution in [1.82, 2.24) is 10.2 Å². The van der Waals surface area contributed by atoms with Crippen LogP contribution in [0.15, 0.2) is 0 Å². The molecule has 3 aliphatic rings. The van der Waals surface area contributed by atoms with E-state index in [-0.39, 0.29) is 23.8 Å². The fourth-order valence-electron chi connectivity index (χ4n) is 4.00. The Hall–Kier alpha value is -1.39. The van der Waals surface area contributed by atoms with Crippen molar-refractivity contribution in [1.29, 1.82) is 0 Å². The van der Waals surface area contributed by atoms with Crippen LogP contribution in [0.4, 0.5) is 4.79 Å². The number of imide groups is 2. The van der Waals surface area contributed by atoms with Crippen molar-refractivity contribution in [3.63, 3.8) is 0 Å². The Balaban J connectivity index is 1.80. The molecule has 0 aromatic carbocycles. The molecule has 4 amide bonds. The first-order valence-corrected chi connectivity index (χ1v) is 7.86. The highest BCUT2D eigenvalue weighted by Gasteiger charge is 2.47. The zero-order valence-electron chi connectivity index (χ0n) is 11.8. The third kappa shape index (κ3) is 2.34. The molecule has 0 bridgehead atoms. The van der Waals surface area contributed by atoms with Gasteiger partial charge in [-0.3, -0.25) is 19.8 Å². The molecule has 5 heteroatoms. The van der Waals surface area contributed by atoms with E-state index in [1.165, 1.54) is 11.3 Å². The lowest BCUT2D eigenvalue weighted by Gasteiger charge is -2.38. The van der Waals surface area contributed by atoms with Crippen LogP contribution >= 0.6 is 0 Å². The van der Waals surface area contributed by atoms with Crippen molar-refractivity contribution in [2.24, 2.45) is 11.8 Å². The van der Waals surface area contributed by atoms with Gasteiger partial charge in [0.05, 0.1) is 0 Å². The van der Waals surface area contributed by atoms with Crippen LogP contribution in [0.5, 0.6) is 0 Å². The van der Waals surface area contributed by atoms with Crippen LogP contribution in [0.1, 0.15) is 57.8 Å². The average molecular weight is 278 g/mol. The molecule has 0 aromatic heterocycles. The lowest BCUT2D eigenvalue weighted by Crippen LogP contribution is -2.62. The quantitative estimate of drug-likeness (QED) is 0.787. The number of carbonyl (C=O) groups is 3. The smallest absolute Gasteiger partial charge is 0.277 e. The highest BCUT2D eigenvalue weighted by molar-refractivity contribution is 6.16. The van der Waals surface area contributed by atoms with Crippen molar-refractivity contribution in [2.45, 2.75) is 63.8 Å². The summed E-state index contributed by atoms with van der Waals surface area (Å²) in [6.07, 6.45) is 9.07. The Morgan fingerprint density at radius 3 is 2.10 bits per heavy atom. The molecule has 1 heterocycles. The van der Waals surface area contributed by atoms with E-state index in [2.05, 4.69) is 5.32 Å². The van der Waals surface area contributed by atoms with Gasteiger partial charge in [0, 0.05) is 6.04 Å². The standard InChI is InChI=1S/C15H22N2O3/c18-13-12(10-6-4-5-7-10)14(19)17(15(20)16-13)11-8-2-1-3-9-11/h10-12H,1-9H2,(H,16,18,20). The summed E-state index contributed by atoms with van der Waals surface area (Å²) < 4.78 is 0. The average Bonchev–Trinajstić information content (AvgIpc) is 2.93. The Morgan fingerprint density at radius 1 is 0.850 bits per heavy atom. The second kappa shape index (κ2) is 5.54. The first-order valence-electron chi connectivity index (χ1n) is 7.86. The molecule has 110 valence electrons. The Bertz CT molecular complexity index is 423. The summed E-state index contributed by atoms with van der Waals surface area (Å²) in [5.41, 5.74) is 0. The van der Waals surface area contributed by atoms with Crippen molar-refractivity contribution >= 4 is 17.8 Å². The van der Waals surface area contributed by atoms with Gasteiger partial charge in [-0.2, -0.15) is 0 Å². The van der Waals surface area contributed by atoms with E-state index >= 15 is 0 Å². The van der Waals surface area contributed by atoms with Crippen molar-refractivity contribution < 1.29 is 14.4 Å². The predicted molar refractivity (Wildman–Crippen MR) is 72.7 cm³/mol. The summed E-state index contributed by atoms with van der Waals surface area (Å²) in [7, 11) is 0. The fraction of sp³-hybridized carbons (Fsp3) is 0.800. The number of rotatable bonds is 2. The molecule has 5 nitrogen and oxygen atoms in total. The summed E-state index contributed by atoms with van der Waals surface area (Å²) in [6.45, 7) is 0. The molecule has 2 saturated carbocycles. The van der Waals surface area contributed by atoms with Gasteiger partial charge in [0.2, 0.25) is 11.8 Å². The molecule has 1 unspecified atom stereocenters. The van der Waals surface area contributed by atoms with Gasteiger partial charge in [0.25, 0.3) is 0 Å². The summed E-state index contributed by atoms with van der Waals surface area (Å²) in [5.74, 6) is -1.12. The van der Waals surface area contributed by atoms with Crippen LogP contribution in [0.2, 0.25) is 0 Å². The van der Waals surface area contributed by atoms with E-state index in [9.17, 15) is 14.4 Å². The van der Waals surface area contributed by atoms with Crippen LogP contribution in [0.3, 0.4) is 0 Å². The first kappa shape index (κ1) is 13.6. The van der Waals surface area contributed by atoms with E-state index in [1.54, 1.807) is 0 Å². The molecule has 1 N–H and O–H groups in total. The van der Waals surface area contributed by atoms with Crippen LogP contribution in [-0.4, -0.2) is 28.8 Å². The van der Waals surface area contributed by atoms with Gasteiger partial charge in [-0.25, -0.2) is 4.79 Å². The van der Waals surface area contributed by atoms with E-state index in [0.717, 1.165) is 51.4 Å². The van der Waals surface area contributed by atoms with Crippen LogP contribution in [-0.2, 0) is 9.59 Å². The fourth-order valence-corrected chi connectivity index (χ4v) is 4.00. The Labute approximate surface area is 119 Å². The molecule has 3 fully saturated rings. The van der Waals surface area contributed by atoms with Crippen molar-refractivity contribution in [2.75, 3.05) is 0 Å². The minimum atomic E-state index is -0.628. The minimum absolute atomic E-state index is 0.00625. The zero-order valence-corrected chi connectivity index (χ0v) is 11.8. The SMILES string of the molecule is O=C1NC(=O)N(C2CCCCC2)C(=O)C1C1CCCC1. The predicted octanol–water partition coefficient (Wildman–Crippen LogP) is 2.20. The van der Waals surface area contributed by atoms with Crippen molar-refractivity contribution in [3.05, 3.63) is 0 Å². The molecule has 3 rings (SSSR count). The van der Waals surface area contributed by atoms with Crippen LogP contribution in [0, 0.1) is 11.8 Å². The largest absolute Gasteiger partial charge is 0.331 e. The van der Waals surface area contributed by atoms with Crippen LogP contribution < -0.4 is 5.32 Å². The van der Waals surface area contributed by atoms with E-state index in [1.807, 2.05) is 0 Å². The zero-order chi connectivity index (χ0) is 14.1. The number of hydrogen-bond donors (Lipinski definition) is 1. The number of barbiturate groups is 1. The molecular weight excluding hydrogens is 256 g/mol. The molecule has 20 heavy (non-hydrogen) atoms. The van der Waals surface area contributed by atoms with Gasteiger partial charge >= 0.3 is 6.03 Å². The van der Waals surface area contributed by atoms with E-state index in [0.29, 0.717) is 0 Å². The lowest BCUT2D eigenvalue weighted by atomic mass is 9.85. The first-order chi connectivity index (χ1) is 9.68. The molecule has 1 atom stereocenters. The van der Waals surface area contributed by atoms with Gasteiger partial charge in [-0.1, -0.05) is 32.1 Å². The molecule has 0 spiro atoms. The second-order valence-corrected chi connectivity index (χ2v) is 6.32. The number of nitrogens with one attached hydrogen (secondary N) is 1. The van der Waals surface area contributed by atoms with Gasteiger partial charge in [0.1, 0.15) is 5.92 Å². The van der Waals surface area contributed by atoms with Gasteiger partial charge in [0.15, 0.2) is 0 Å². The third-order valence-corrected chi connectivity index (χ3v) is 5.05. The van der Waals surface area contributed by atoms with Crippen molar-refractivity contribution in [3.8, 4) is 0 Å². The van der Waals surface area contributed by atoms with Gasteiger partial charge in [-0.15, -0.1) is 0 Å². The van der Waals surface area contributed by atoms with E-state index in [4.69, 9.17) is 0 Å². The van der Waals surface area contributed by atoms with Gasteiger partial charge in [-0.05, 0) is 31.6 Å². The number of carbonyl (C=O) groups excluding carboxylic acids is 3. The second-order valence-electron chi connectivity index (χ2n) is 6.32. The monoisotopic (exact) mass is 278 g/mol. The maximum Gasteiger partial charge on any atom is 0.331 e. The third-order valence-electron chi connectivity index (χ3n) is 5.05. The Morgan fingerprint density at radius 2 is 1.45 bits per heavy atom. The number of hydrogen-bond acceptors (Lipinski definition) is 3. The summed E-state index contributed by atoms with van der Waals surface area (Å²) in [5, 5.41) is 2.41. The highest BCUT2D eigenvalue weighted by Crippen LogP contribution is 2.35. The number of amides is 4. The topological polar surface area (TPSA) is 66.5 Å². The molecule has 0 aromatic rings. The molecule has 2 aliphatic carbocycles. The normalized spacial score (nSPS) is 29.9. The Kier molecular flexibility index (Phi) is 3.76. The minimum Gasteiger partial charge on any atom is -0.277 e. The van der Waals surface area contributed by atoms with Gasteiger partial charge < -0.3 is 0 Å². The van der Waals surface area contributed by atoms with Crippen LogP contribution in [0.25, 0.3) is 0 Å². The molecule has 0 radical (unpaired) electrons. The highest BCUT2D eigenvalue weighted by atomic mass is 16.2. The number of urea groups is 1. The summed E-state index contributed by atoms with van der Waals surface area (Å²) in [4.78, 5) is 38.1.